The fraction of sp³-hybridized carbons (Fsp3) is 0. The van der Waals surface area contributed by atoms with E-state index in [-0.39, 0.29) is 11.5 Å². The fourth-order valence-electron chi connectivity index (χ4n) is 0.479. The zero-order valence-corrected chi connectivity index (χ0v) is 6.31. The van der Waals surface area contributed by atoms with Crippen molar-refractivity contribution in [3.05, 3.63) is 16.1 Å². The Hall–Kier alpha value is -1.33. The molecule has 0 aliphatic rings. The van der Waals surface area contributed by atoms with Crippen LogP contribution in [-0.2, 0) is 0 Å². The number of nitrogens with zero attached hydrogens (tertiary/aromatic N) is 3. The summed E-state index contributed by atoms with van der Waals surface area (Å²) < 4.78 is 0.451. The van der Waals surface area contributed by atoms with Gasteiger partial charge in [0.15, 0.2) is 5.69 Å². The Morgan fingerprint density at radius 3 is 2.40 bits per heavy atom. The molecule has 5 heteroatoms. The van der Waals surface area contributed by atoms with Gasteiger partial charge in [0.05, 0.1) is 0 Å². The van der Waals surface area contributed by atoms with Crippen LogP contribution in [0.1, 0.15) is 11.5 Å². The molecule has 0 atom stereocenters. The van der Waals surface area contributed by atoms with E-state index in [4.69, 9.17) is 10.5 Å². The van der Waals surface area contributed by atoms with Crippen molar-refractivity contribution in [2.75, 3.05) is 0 Å². The molecule has 1 heterocycles. The quantitative estimate of drug-likeness (QED) is 0.671. The van der Waals surface area contributed by atoms with Gasteiger partial charge in [-0.25, -0.2) is 4.98 Å². The van der Waals surface area contributed by atoms with Gasteiger partial charge in [-0.3, -0.25) is 0 Å². The first-order valence-corrected chi connectivity index (χ1v) is 3.13. The Kier molecular flexibility index (Phi) is 1.70. The van der Waals surface area contributed by atoms with E-state index < -0.39 is 0 Å². The molecule has 0 aromatic carbocycles. The number of H-pyrrole nitrogens is 1. The summed E-state index contributed by atoms with van der Waals surface area (Å²) in [5.74, 6) is 0.142. The number of imidazole rings is 1. The van der Waals surface area contributed by atoms with Gasteiger partial charge in [0.1, 0.15) is 16.7 Å². The summed E-state index contributed by atoms with van der Waals surface area (Å²) in [7, 11) is 0. The third kappa shape index (κ3) is 0.996. The molecule has 0 fully saturated rings. The zero-order chi connectivity index (χ0) is 7.56. The summed E-state index contributed by atoms with van der Waals surface area (Å²) in [5, 5.41) is 16.7. The van der Waals surface area contributed by atoms with Crippen molar-refractivity contribution < 1.29 is 0 Å². The van der Waals surface area contributed by atoms with Crippen molar-refractivity contribution in [1.82, 2.24) is 9.97 Å². The Labute approximate surface area is 65.2 Å². The van der Waals surface area contributed by atoms with E-state index >= 15 is 0 Å². The van der Waals surface area contributed by atoms with Crippen LogP contribution in [-0.4, -0.2) is 9.97 Å². The largest absolute Gasteiger partial charge is 0.323 e. The lowest BCUT2D eigenvalue weighted by atomic mass is 10.5. The smallest absolute Gasteiger partial charge is 0.212 e. The number of rotatable bonds is 0. The van der Waals surface area contributed by atoms with Crippen LogP contribution in [0.25, 0.3) is 0 Å². The SMILES string of the molecule is N#Cc1nc(C#N)c(Br)[nH]1. The lowest BCUT2D eigenvalue weighted by Crippen LogP contribution is -1.74. The number of hydrogen-bond donors (Lipinski definition) is 1. The van der Waals surface area contributed by atoms with Crippen LogP contribution in [0, 0.1) is 22.7 Å². The first-order valence-electron chi connectivity index (χ1n) is 2.33. The van der Waals surface area contributed by atoms with Crippen LogP contribution in [0.4, 0.5) is 0 Å². The third-order valence-corrected chi connectivity index (χ3v) is 1.45. The van der Waals surface area contributed by atoms with Gasteiger partial charge in [-0.1, -0.05) is 0 Å². The molecule has 0 saturated carbocycles. The number of aromatic amines is 1. The molecule has 0 saturated heterocycles. The van der Waals surface area contributed by atoms with Crippen molar-refractivity contribution in [1.29, 1.82) is 10.5 Å². The summed E-state index contributed by atoms with van der Waals surface area (Å²) in [5.41, 5.74) is 0.205. The summed E-state index contributed by atoms with van der Waals surface area (Å²) in [4.78, 5) is 6.19. The monoisotopic (exact) mass is 196 g/mol. The fourth-order valence-corrected chi connectivity index (χ4v) is 0.844. The Morgan fingerprint density at radius 1 is 1.40 bits per heavy atom. The maximum atomic E-state index is 8.36. The number of nitriles is 2. The Bertz CT molecular complexity index is 326. The van der Waals surface area contributed by atoms with Crippen molar-refractivity contribution in [3.8, 4) is 12.1 Å². The molecular weight excluding hydrogens is 196 g/mol. The second kappa shape index (κ2) is 2.51. The van der Waals surface area contributed by atoms with Crippen molar-refractivity contribution in [2.24, 2.45) is 0 Å². The molecule has 0 radical (unpaired) electrons. The average molecular weight is 197 g/mol. The highest BCUT2D eigenvalue weighted by Crippen LogP contribution is 2.10. The maximum absolute atomic E-state index is 8.36. The topological polar surface area (TPSA) is 76.3 Å². The van der Waals surface area contributed by atoms with Crippen LogP contribution in [0.3, 0.4) is 0 Å². The third-order valence-electron chi connectivity index (χ3n) is 0.871. The maximum Gasteiger partial charge on any atom is 0.212 e. The normalized spacial score (nSPS) is 8.30. The minimum Gasteiger partial charge on any atom is -0.323 e. The predicted molar refractivity (Wildman–Crippen MR) is 35.7 cm³/mol. The van der Waals surface area contributed by atoms with Gasteiger partial charge in [-0.2, -0.15) is 10.5 Å². The Balaban J connectivity index is 3.23. The van der Waals surface area contributed by atoms with Crippen LogP contribution in [0.2, 0.25) is 0 Å². The Morgan fingerprint density at radius 2 is 2.10 bits per heavy atom. The van der Waals surface area contributed by atoms with E-state index in [1.165, 1.54) is 0 Å². The lowest BCUT2D eigenvalue weighted by Gasteiger charge is -1.73. The summed E-state index contributed by atoms with van der Waals surface area (Å²) in [6.45, 7) is 0. The van der Waals surface area contributed by atoms with Gasteiger partial charge in [-0.05, 0) is 15.9 Å². The highest BCUT2D eigenvalue weighted by Gasteiger charge is 2.04. The number of halogens is 1. The summed E-state index contributed by atoms with van der Waals surface area (Å²) >= 11 is 3.03. The van der Waals surface area contributed by atoms with Crippen molar-refractivity contribution >= 4 is 15.9 Å². The first kappa shape index (κ1) is 6.79. The van der Waals surface area contributed by atoms with Gasteiger partial charge >= 0.3 is 0 Å². The highest BCUT2D eigenvalue weighted by atomic mass is 79.9. The van der Waals surface area contributed by atoms with Gasteiger partial charge in [0.25, 0.3) is 0 Å². The minimum absolute atomic E-state index is 0.142. The van der Waals surface area contributed by atoms with E-state index in [0.29, 0.717) is 4.60 Å². The molecule has 48 valence electrons. The van der Waals surface area contributed by atoms with Crippen LogP contribution in [0.5, 0.6) is 0 Å². The molecule has 1 aromatic rings. The van der Waals surface area contributed by atoms with E-state index in [2.05, 4.69) is 25.9 Å². The summed E-state index contributed by atoms with van der Waals surface area (Å²) in [6, 6.07) is 3.58. The molecule has 10 heavy (non-hydrogen) atoms. The standard InChI is InChI=1S/C5HBrN4/c6-5-3(1-7)9-4(2-8)10-5/h(H,9,10). The van der Waals surface area contributed by atoms with Gasteiger partial charge in [-0.15, -0.1) is 0 Å². The van der Waals surface area contributed by atoms with E-state index in [9.17, 15) is 0 Å². The van der Waals surface area contributed by atoms with Gasteiger partial charge in [0.2, 0.25) is 5.82 Å². The van der Waals surface area contributed by atoms with Crippen LogP contribution in [0.15, 0.2) is 4.60 Å². The molecule has 1 aromatic heterocycles. The van der Waals surface area contributed by atoms with Gasteiger partial charge < -0.3 is 4.98 Å². The molecule has 0 amide bonds. The molecule has 0 spiro atoms. The molecule has 4 nitrogen and oxygen atoms in total. The number of nitrogens with one attached hydrogen (secondary N) is 1. The minimum atomic E-state index is 0.142. The van der Waals surface area contributed by atoms with Gasteiger partial charge in [0, 0.05) is 0 Å². The second-order valence-electron chi connectivity index (χ2n) is 1.47. The van der Waals surface area contributed by atoms with E-state index in [1.54, 1.807) is 6.07 Å². The van der Waals surface area contributed by atoms with E-state index in [0.717, 1.165) is 0 Å². The second-order valence-corrected chi connectivity index (χ2v) is 2.26. The molecular formula is C5HBrN4. The number of hydrogen-bond acceptors (Lipinski definition) is 3. The van der Waals surface area contributed by atoms with Crippen molar-refractivity contribution in [3.63, 3.8) is 0 Å². The molecule has 0 aliphatic carbocycles. The summed E-state index contributed by atoms with van der Waals surface area (Å²) in [6.07, 6.45) is 0. The van der Waals surface area contributed by atoms with Crippen molar-refractivity contribution in [2.45, 2.75) is 0 Å². The zero-order valence-electron chi connectivity index (χ0n) is 4.72. The number of aromatic nitrogens is 2. The van der Waals surface area contributed by atoms with Crippen LogP contribution < -0.4 is 0 Å². The predicted octanol–water partition coefficient (Wildman–Crippen LogP) is 0.916. The molecule has 0 aliphatic heterocycles. The lowest BCUT2D eigenvalue weighted by molar-refractivity contribution is 1.21. The molecule has 0 unspecified atom stereocenters. The highest BCUT2D eigenvalue weighted by molar-refractivity contribution is 9.10. The molecule has 1 rings (SSSR count). The average Bonchev–Trinajstić information content (AvgIpc) is 2.30. The first-order chi connectivity index (χ1) is 4.77. The molecule has 0 bridgehead atoms. The van der Waals surface area contributed by atoms with Crippen LogP contribution >= 0.6 is 15.9 Å². The van der Waals surface area contributed by atoms with E-state index in [1.807, 2.05) is 6.07 Å². The molecule has 1 N–H and O–H groups in total.